The molecule has 0 bridgehead atoms. The Bertz CT molecular complexity index is 1430. The minimum absolute atomic E-state index is 0.829. The maximum atomic E-state index is 5.98. The quantitative estimate of drug-likeness (QED) is 0.345. The van der Waals surface area contributed by atoms with Crippen LogP contribution >= 0.6 is 0 Å². The molecule has 3 aromatic heterocycles. The summed E-state index contributed by atoms with van der Waals surface area (Å²) in [5.74, 6) is 0. The molecule has 6 rings (SSSR count). The Hall–Kier alpha value is -3.59. The van der Waals surface area contributed by atoms with Gasteiger partial charge in [0, 0.05) is 32.9 Å². The molecule has 0 saturated heterocycles. The summed E-state index contributed by atoms with van der Waals surface area (Å²) in [4.78, 5) is 4.36. The van der Waals surface area contributed by atoms with Crippen molar-refractivity contribution >= 4 is 43.7 Å². The second-order valence-corrected chi connectivity index (χ2v) is 6.97. The number of rotatable bonds is 1. The summed E-state index contributed by atoms with van der Waals surface area (Å²) in [7, 11) is 0. The molecule has 0 amide bonds. The number of furan rings is 1. The van der Waals surface area contributed by atoms with E-state index in [9.17, 15) is 0 Å². The fourth-order valence-corrected chi connectivity index (χ4v) is 4.11. The first-order valence-corrected chi connectivity index (χ1v) is 9.07. The van der Waals surface area contributed by atoms with Gasteiger partial charge < -0.3 is 8.98 Å². The van der Waals surface area contributed by atoms with Crippen molar-refractivity contribution in [1.29, 1.82) is 0 Å². The van der Waals surface area contributed by atoms with Crippen LogP contribution in [-0.2, 0) is 0 Å². The third-order valence-corrected chi connectivity index (χ3v) is 5.32. The molecule has 6 aromatic rings. The standard InChI is InChI=1S/C24H16N2O/c1-15-12-19-20-13-16(10-11-23(20)27-24(19)14-25-15)26-21-8-4-2-6-17(21)18-7-3-5-9-22(18)26/h2-14H,1H3. The lowest BCUT2D eigenvalue weighted by Crippen LogP contribution is -1.93. The summed E-state index contributed by atoms with van der Waals surface area (Å²) in [5, 5.41) is 4.77. The van der Waals surface area contributed by atoms with Crippen molar-refractivity contribution < 1.29 is 4.42 Å². The highest BCUT2D eigenvalue weighted by molar-refractivity contribution is 6.10. The van der Waals surface area contributed by atoms with E-state index >= 15 is 0 Å². The van der Waals surface area contributed by atoms with E-state index in [-0.39, 0.29) is 0 Å². The van der Waals surface area contributed by atoms with Crippen LogP contribution in [0.2, 0.25) is 0 Å². The molecular formula is C24H16N2O. The smallest absolute Gasteiger partial charge is 0.153 e. The first kappa shape index (κ1) is 14.6. The van der Waals surface area contributed by atoms with Crippen LogP contribution in [0.3, 0.4) is 0 Å². The van der Waals surface area contributed by atoms with Gasteiger partial charge in [0.25, 0.3) is 0 Å². The highest BCUT2D eigenvalue weighted by atomic mass is 16.3. The van der Waals surface area contributed by atoms with E-state index < -0.39 is 0 Å². The Morgan fingerprint density at radius 3 is 2.11 bits per heavy atom. The van der Waals surface area contributed by atoms with Crippen molar-refractivity contribution in [2.75, 3.05) is 0 Å². The van der Waals surface area contributed by atoms with Gasteiger partial charge in [-0.1, -0.05) is 36.4 Å². The van der Waals surface area contributed by atoms with Crippen LogP contribution < -0.4 is 0 Å². The second kappa shape index (κ2) is 5.21. The van der Waals surface area contributed by atoms with Crippen LogP contribution in [0, 0.1) is 6.92 Å². The lowest BCUT2D eigenvalue weighted by molar-refractivity contribution is 0.666. The second-order valence-electron chi connectivity index (χ2n) is 6.97. The largest absolute Gasteiger partial charge is 0.454 e. The van der Waals surface area contributed by atoms with Gasteiger partial charge in [-0.05, 0) is 43.3 Å². The third-order valence-electron chi connectivity index (χ3n) is 5.32. The van der Waals surface area contributed by atoms with Crippen molar-refractivity contribution in [2.45, 2.75) is 6.92 Å². The van der Waals surface area contributed by atoms with E-state index in [0.717, 1.165) is 33.3 Å². The van der Waals surface area contributed by atoms with Crippen LogP contribution in [0.25, 0.3) is 49.4 Å². The van der Waals surface area contributed by atoms with E-state index in [0.29, 0.717) is 0 Å². The minimum Gasteiger partial charge on any atom is -0.454 e. The maximum absolute atomic E-state index is 5.98. The summed E-state index contributed by atoms with van der Waals surface area (Å²) >= 11 is 0. The normalized spacial score (nSPS) is 11.9. The number of nitrogens with zero attached hydrogens (tertiary/aromatic N) is 2. The van der Waals surface area contributed by atoms with E-state index in [2.05, 4.69) is 82.3 Å². The fraction of sp³-hybridized carbons (Fsp3) is 0.0417. The van der Waals surface area contributed by atoms with Gasteiger partial charge in [0.2, 0.25) is 0 Å². The fourth-order valence-electron chi connectivity index (χ4n) is 4.11. The Morgan fingerprint density at radius 1 is 0.704 bits per heavy atom. The zero-order chi connectivity index (χ0) is 18.0. The molecule has 0 radical (unpaired) electrons. The lowest BCUT2D eigenvalue weighted by Gasteiger charge is -2.07. The Morgan fingerprint density at radius 2 is 1.37 bits per heavy atom. The number of hydrogen-bond acceptors (Lipinski definition) is 2. The van der Waals surface area contributed by atoms with Crippen molar-refractivity contribution in [3.05, 3.63) is 84.7 Å². The highest BCUT2D eigenvalue weighted by Gasteiger charge is 2.14. The molecule has 3 heterocycles. The summed E-state index contributed by atoms with van der Waals surface area (Å²) in [6.45, 7) is 2.01. The van der Waals surface area contributed by atoms with Crippen LogP contribution in [-0.4, -0.2) is 9.55 Å². The molecule has 0 aliphatic heterocycles. The number of fused-ring (bicyclic) bond motifs is 6. The predicted octanol–water partition coefficient (Wildman–Crippen LogP) is 6.39. The molecule has 128 valence electrons. The average molecular weight is 348 g/mol. The van der Waals surface area contributed by atoms with Crippen LogP contribution in [0.15, 0.2) is 83.4 Å². The zero-order valence-electron chi connectivity index (χ0n) is 14.8. The Labute approximate surface area is 155 Å². The molecular weight excluding hydrogens is 332 g/mol. The molecule has 0 aliphatic carbocycles. The molecule has 0 aliphatic rings. The monoisotopic (exact) mass is 348 g/mol. The van der Waals surface area contributed by atoms with Gasteiger partial charge in [0.15, 0.2) is 5.58 Å². The molecule has 3 nitrogen and oxygen atoms in total. The zero-order valence-corrected chi connectivity index (χ0v) is 14.8. The predicted molar refractivity (Wildman–Crippen MR) is 111 cm³/mol. The molecule has 27 heavy (non-hydrogen) atoms. The highest BCUT2D eigenvalue weighted by Crippen LogP contribution is 2.35. The van der Waals surface area contributed by atoms with Gasteiger partial charge in [0.1, 0.15) is 5.58 Å². The van der Waals surface area contributed by atoms with Gasteiger partial charge in [-0.2, -0.15) is 0 Å². The number of hydrogen-bond donors (Lipinski definition) is 0. The van der Waals surface area contributed by atoms with E-state index in [4.69, 9.17) is 4.42 Å². The van der Waals surface area contributed by atoms with E-state index in [1.54, 1.807) is 0 Å². The third kappa shape index (κ3) is 1.99. The first-order valence-electron chi connectivity index (χ1n) is 9.07. The number of pyridine rings is 1. The molecule has 0 N–H and O–H groups in total. The van der Waals surface area contributed by atoms with E-state index in [1.807, 2.05) is 13.1 Å². The molecule has 0 atom stereocenters. The minimum atomic E-state index is 0.829. The SMILES string of the molecule is Cc1cc2c(cn1)oc1ccc(-n3c4ccccc4c4ccccc43)cc12. The summed E-state index contributed by atoms with van der Waals surface area (Å²) in [5.41, 5.74) is 6.27. The number of para-hydroxylation sites is 2. The van der Waals surface area contributed by atoms with Gasteiger partial charge in [-0.25, -0.2) is 0 Å². The van der Waals surface area contributed by atoms with E-state index in [1.165, 1.54) is 21.8 Å². The van der Waals surface area contributed by atoms with Gasteiger partial charge in [-0.3, -0.25) is 4.98 Å². The van der Waals surface area contributed by atoms with Crippen LogP contribution in [0.1, 0.15) is 5.69 Å². The van der Waals surface area contributed by atoms with Crippen molar-refractivity contribution in [3.8, 4) is 5.69 Å². The number of aromatic nitrogens is 2. The molecule has 3 heteroatoms. The van der Waals surface area contributed by atoms with Crippen LogP contribution in [0.4, 0.5) is 0 Å². The maximum Gasteiger partial charge on any atom is 0.153 e. The van der Waals surface area contributed by atoms with Gasteiger partial charge >= 0.3 is 0 Å². The molecule has 0 unspecified atom stereocenters. The molecule has 3 aromatic carbocycles. The van der Waals surface area contributed by atoms with Crippen molar-refractivity contribution in [2.24, 2.45) is 0 Å². The topological polar surface area (TPSA) is 31.0 Å². The first-order chi connectivity index (χ1) is 13.3. The summed E-state index contributed by atoms with van der Waals surface area (Å²) in [6, 6.07) is 25.6. The number of benzene rings is 3. The van der Waals surface area contributed by atoms with Gasteiger partial charge in [0.05, 0.1) is 17.2 Å². The summed E-state index contributed by atoms with van der Waals surface area (Å²) < 4.78 is 8.31. The molecule has 0 spiro atoms. The lowest BCUT2D eigenvalue weighted by atomic mass is 10.1. The average Bonchev–Trinajstić information content (AvgIpc) is 3.23. The van der Waals surface area contributed by atoms with Crippen molar-refractivity contribution in [1.82, 2.24) is 9.55 Å². The Balaban J connectivity index is 1.74. The Kier molecular flexibility index (Phi) is 2.81. The van der Waals surface area contributed by atoms with Gasteiger partial charge in [-0.15, -0.1) is 0 Å². The number of aryl methyl sites for hydroxylation is 1. The molecule has 0 saturated carbocycles. The summed E-state index contributed by atoms with van der Waals surface area (Å²) in [6.07, 6.45) is 1.81. The molecule has 0 fully saturated rings. The van der Waals surface area contributed by atoms with Crippen molar-refractivity contribution in [3.63, 3.8) is 0 Å². The van der Waals surface area contributed by atoms with Crippen LogP contribution in [0.5, 0.6) is 0 Å².